The zero-order valence-electron chi connectivity index (χ0n) is 9.81. The molecule has 0 atom stereocenters. The Morgan fingerprint density at radius 1 is 1.42 bits per heavy atom. The molecule has 2 heterocycles. The molecule has 1 aromatic carbocycles. The molecule has 0 saturated carbocycles. The lowest BCUT2D eigenvalue weighted by Crippen LogP contribution is -1.97. The van der Waals surface area contributed by atoms with E-state index in [4.69, 9.17) is 11.6 Å². The number of thiophene rings is 1. The standard InChI is InChI=1S/C13H8ClNO3S/c1-18-13(17)12-10(16)7-5-15-9-6(11(7)19-12)3-2-4-8(9)14/h2-5,16H,1H3. The van der Waals surface area contributed by atoms with Gasteiger partial charge < -0.3 is 9.84 Å². The van der Waals surface area contributed by atoms with Crippen molar-refractivity contribution in [2.45, 2.75) is 0 Å². The predicted octanol–water partition coefficient (Wildman–Crippen LogP) is 3.60. The van der Waals surface area contributed by atoms with Crippen LogP contribution in [0.5, 0.6) is 5.75 Å². The zero-order chi connectivity index (χ0) is 13.6. The van der Waals surface area contributed by atoms with E-state index in [0.717, 1.165) is 10.1 Å². The summed E-state index contributed by atoms with van der Waals surface area (Å²) in [5, 5.41) is 11.9. The second-order valence-corrected chi connectivity index (χ2v) is 5.34. The van der Waals surface area contributed by atoms with Gasteiger partial charge in [0.1, 0.15) is 5.75 Å². The van der Waals surface area contributed by atoms with E-state index in [0.29, 0.717) is 15.9 Å². The number of hydrogen-bond donors (Lipinski definition) is 1. The monoisotopic (exact) mass is 293 g/mol. The van der Waals surface area contributed by atoms with Crippen molar-refractivity contribution in [3.05, 3.63) is 34.3 Å². The number of esters is 1. The third-order valence-corrected chi connectivity index (χ3v) is 4.36. The summed E-state index contributed by atoms with van der Waals surface area (Å²) in [6.07, 6.45) is 1.52. The van der Waals surface area contributed by atoms with Crippen LogP contribution in [0.15, 0.2) is 24.4 Å². The SMILES string of the molecule is COC(=O)c1sc2c(cnc3c(Cl)cccc32)c1O. The van der Waals surface area contributed by atoms with E-state index >= 15 is 0 Å². The summed E-state index contributed by atoms with van der Waals surface area (Å²) in [5.41, 5.74) is 0.648. The molecule has 96 valence electrons. The lowest BCUT2D eigenvalue weighted by Gasteiger charge is -2.00. The summed E-state index contributed by atoms with van der Waals surface area (Å²) in [4.78, 5) is 16.0. The van der Waals surface area contributed by atoms with Gasteiger partial charge in [-0.05, 0) is 6.07 Å². The van der Waals surface area contributed by atoms with Crippen molar-refractivity contribution in [3.8, 4) is 5.75 Å². The van der Waals surface area contributed by atoms with Gasteiger partial charge in [0.15, 0.2) is 4.88 Å². The van der Waals surface area contributed by atoms with Crippen LogP contribution in [0.4, 0.5) is 0 Å². The van der Waals surface area contributed by atoms with Crippen LogP contribution in [0.3, 0.4) is 0 Å². The molecular weight excluding hydrogens is 286 g/mol. The number of methoxy groups -OCH3 is 1. The Labute approximate surface area is 117 Å². The molecule has 3 rings (SSSR count). The largest absolute Gasteiger partial charge is 0.505 e. The van der Waals surface area contributed by atoms with Gasteiger partial charge in [-0.25, -0.2) is 4.79 Å². The van der Waals surface area contributed by atoms with Crippen molar-refractivity contribution in [2.24, 2.45) is 0 Å². The minimum Gasteiger partial charge on any atom is -0.505 e. The van der Waals surface area contributed by atoms with E-state index in [1.165, 1.54) is 24.6 Å². The van der Waals surface area contributed by atoms with Gasteiger partial charge in [-0.1, -0.05) is 23.7 Å². The summed E-state index contributed by atoms with van der Waals surface area (Å²) < 4.78 is 5.42. The fourth-order valence-electron chi connectivity index (χ4n) is 1.94. The predicted molar refractivity (Wildman–Crippen MR) is 75.1 cm³/mol. The molecule has 0 fully saturated rings. The Morgan fingerprint density at radius 3 is 2.95 bits per heavy atom. The third-order valence-electron chi connectivity index (χ3n) is 2.84. The Kier molecular flexibility index (Phi) is 2.80. The smallest absolute Gasteiger partial charge is 0.351 e. The molecule has 1 N–H and O–H groups in total. The molecule has 0 amide bonds. The molecule has 0 spiro atoms. The van der Waals surface area contributed by atoms with E-state index in [9.17, 15) is 9.90 Å². The highest BCUT2D eigenvalue weighted by atomic mass is 35.5. The van der Waals surface area contributed by atoms with Gasteiger partial charge in [0.25, 0.3) is 0 Å². The molecule has 19 heavy (non-hydrogen) atoms. The van der Waals surface area contributed by atoms with Crippen LogP contribution >= 0.6 is 22.9 Å². The minimum atomic E-state index is -0.561. The number of pyridine rings is 1. The number of carbonyl (C=O) groups excluding carboxylic acids is 1. The summed E-state index contributed by atoms with van der Waals surface area (Å²) in [5.74, 6) is -0.657. The van der Waals surface area contributed by atoms with Gasteiger partial charge in [-0.3, -0.25) is 4.98 Å². The second-order valence-electron chi connectivity index (χ2n) is 3.91. The molecule has 0 aliphatic heterocycles. The first-order valence-electron chi connectivity index (χ1n) is 5.40. The van der Waals surface area contributed by atoms with Crippen LogP contribution in [0, 0.1) is 0 Å². The highest BCUT2D eigenvalue weighted by Gasteiger charge is 2.20. The minimum absolute atomic E-state index is 0.0961. The van der Waals surface area contributed by atoms with E-state index < -0.39 is 5.97 Å². The van der Waals surface area contributed by atoms with Crippen molar-refractivity contribution >= 4 is 49.9 Å². The van der Waals surface area contributed by atoms with Crippen LogP contribution in [0.1, 0.15) is 9.67 Å². The fraction of sp³-hybridized carbons (Fsp3) is 0.0769. The molecule has 3 aromatic rings. The summed E-state index contributed by atoms with van der Waals surface area (Å²) in [6.45, 7) is 0. The first-order valence-corrected chi connectivity index (χ1v) is 6.60. The summed E-state index contributed by atoms with van der Waals surface area (Å²) in [7, 11) is 1.28. The normalized spacial score (nSPS) is 11.1. The maximum absolute atomic E-state index is 11.6. The van der Waals surface area contributed by atoms with Gasteiger partial charge in [0, 0.05) is 11.6 Å². The Bertz CT molecular complexity index is 812. The Balaban J connectivity index is 2.44. The van der Waals surface area contributed by atoms with Crippen molar-refractivity contribution < 1.29 is 14.6 Å². The number of ether oxygens (including phenoxy) is 1. The van der Waals surface area contributed by atoms with Gasteiger partial charge >= 0.3 is 5.97 Å². The number of para-hydroxylation sites is 1. The molecule has 0 radical (unpaired) electrons. The maximum Gasteiger partial charge on any atom is 0.351 e. The average molecular weight is 294 g/mol. The van der Waals surface area contributed by atoms with E-state index in [-0.39, 0.29) is 10.6 Å². The van der Waals surface area contributed by atoms with Gasteiger partial charge in [0.05, 0.1) is 27.7 Å². The zero-order valence-corrected chi connectivity index (χ0v) is 11.4. The van der Waals surface area contributed by atoms with E-state index in [1.54, 1.807) is 12.1 Å². The lowest BCUT2D eigenvalue weighted by atomic mass is 10.2. The average Bonchev–Trinajstić information content (AvgIpc) is 2.76. The molecule has 0 aliphatic rings. The van der Waals surface area contributed by atoms with Crippen LogP contribution in [-0.4, -0.2) is 23.2 Å². The topological polar surface area (TPSA) is 59.4 Å². The van der Waals surface area contributed by atoms with Crippen molar-refractivity contribution in [1.29, 1.82) is 0 Å². The molecular formula is C13H8ClNO3S. The number of halogens is 1. The van der Waals surface area contributed by atoms with Crippen molar-refractivity contribution in [3.63, 3.8) is 0 Å². The molecule has 6 heteroatoms. The Morgan fingerprint density at radius 2 is 2.21 bits per heavy atom. The van der Waals surface area contributed by atoms with Crippen LogP contribution < -0.4 is 0 Å². The number of aromatic hydroxyl groups is 1. The van der Waals surface area contributed by atoms with Crippen LogP contribution in [-0.2, 0) is 4.74 Å². The van der Waals surface area contributed by atoms with Crippen molar-refractivity contribution in [2.75, 3.05) is 7.11 Å². The number of rotatable bonds is 1. The quantitative estimate of drug-likeness (QED) is 0.697. The van der Waals surface area contributed by atoms with Crippen molar-refractivity contribution in [1.82, 2.24) is 4.98 Å². The molecule has 0 saturated heterocycles. The van der Waals surface area contributed by atoms with Crippen LogP contribution in [0.2, 0.25) is 5.02 Å². The molecule has 0 aliphatic carbocycles. The third kappa shape index (κ3) is 1.74. The van der Waals surface area contributed by atoms with Gasteiger partial charge in [0.2, 0.25) is 0 Å². The Hall–Kier alpha value is -1.85. The first-order chi connectivity index (χ1) is 9.13. The number of hydrogen-bond acceptors (Lipinski definition) is 5. The maximum atomic E-state index is 11.6. The molecule has 4 nitrogen and oxygen atoms in total. The number of nitrogens with zero attached hydrogens (tertiary/aromatic N) is 1. The summed E-state index contributed by atoms with van der Waals surface area (Å²) >= 11 is 7.25. The summed E-state index contributed by atoms with van der Waals surface area (Å²) in [6, 6.07) is 5.41. The molecule has 0 unspecified atom stereocenters. The van der Waals surface area contributed by atoms with E-state index in [2.05, 4.69) is 9.72 Å². The van der Waals surface area contributed by atoms with Crippen LogP contribution in [0.25, 0.3) is 21.0 Å². The lowest BCUT2D eigenvalue weighted by molar-refractivity contribution is 0.0603. The molecule has 0 bridgehead atoms. The highest BCUT2D eigenvalue weighted by molar-refractivity contribution is 7.22. The molecule has 2 aromatic heterocycles. The van der Waals surface area contributed by atoms with E-state index in [1.807, 2.05) is 6.07 Å². The fourth-order valence-corrected chi connectivity index (χ4v) is 3.28. The number of fused-ring (bicyclic) bond motifs is 3. The second kappa shape index (κ2) is 4.36. The van der Waals surface area contributed by atoms with Gasteiger partial charge in [-0.15, -0.1) is 11.3 Å². The first kappa shape index (κ1) is 12.2. The van der Waals surface area contributed by atoms with Gasteiger partial charge in [-0.2, -0.15) is 0 Å². The number of benzene rings is 1. The number of carbonyl (C=O) groups is 1. The highest BCUT2D eigenvalue weighted by Crippen LogP contribution is 2.41. The number of aromatic nitrogens is 1.